The molecule has 1 unspecified atom stereocenters. The first kappa shape index (κ1) is 28.0. The van der Waals surface area contributed by atoms with E-state index in [1.54, 1.807) is 43.3 Å². The Kier molecular flexibility index (Phi) is 7.81. The number of benzene rings is 2. The quantitative estimate of drug-likeness (QED) is 0.401. The van der Waals surface area contributed by atoms with E-state index >= 15 is 0 Å². The van der Waals surface area contributed by atoms with Crippen molar-refractivity contribution in [3.8, 4) is 5.75 Å². The summed E-state index contributed by atoms with van der Waals surface area (Å²) in [6, 6.07) is 12.9. The third kappa shape index (κ3) is 5.82. The topological polar surface area (TPSA) is 74.8 Å². The second-order valence-corrected chi connectivity index (χ2v) is 10.9. The number of hydrogen-bond acceptors (Lipinski definition) is 5. The maximum atomic E-state index is 13.6. The van der Waals surface area contributed by atoms with Crippen LogP contribution >= 0.6 is 11.6 Å². The van der Waals surface area contributed by atoms with Gasteiger partial charge in [0, 0.05) is 59.9 Å². The smallest absolute Gasteiger partial charge is 0.433 e. The zero-order valence-corrected chi connectivity index (χ0v) is 22.9. The van der Waals surface area contributed by atoms with Crippen LogP contribution in [0.5, 0.6) is 5.75 Å². The molecule has 1 aromatic heterocycles. The molecule has 2 aromatic carbocycles. The van der Waals surface area contributed by atoms with Crippen LogP contribution < -0.4 is 19.9 Å². The Morgan fingerprint density at radius 2 is 1.88 bits per heavy atom. The molecule has 2 aliphatic rings. The molecule has 0 spiro atoms. The van der Waals surface area contributed by atoms with Gasteiger partial charge in [-0.1, -0.05) is 17.7 Å². The van der Waals surface area contributed by atoms with Crippen LogP contribution in [0.3, 0.4) is 0 Å². The van der Waals surface area contributed by atoms with E-state index in [0.717, 1.165) is 6.07 Å². The van der Waals surface area contributed by atoms with Gasteiger partial charge in [0.15, 0.2) is 0 Å². The SMILES string of the molecule is COc1cccc(N2CC(C(=O)NC3CCC(N(C)c4cc(C(F)(F)F)nc5ccc(Cl)cc45)CC3)CC2=O)c1. The Morgan fingerprint density at radius 3 is 2.58 bits per heavy atom. The first-order chi connectivity index (χ1) is 19.0. The van der Waals surface area contributed by atoms with Crippen molar-refractivity contribution in [1.82, 2.24) is 10.3 Å². The lowest BCUT2D eigenvalue weighted by atomic mass is 9.89. The number of nitrogens with one attached hydrogen (secondary N) is 1. The maximum Gasteiger partial charge on any atom is 0.433 e. The fourth-order valence-corrected chi connectivity index (χ4v) is 5.82. The minimum absolute atomic E-state index is 0.0181. The van der Waals surface area contributed by atoms with Crippen LogP contribution in [0.2, 0.25) is 5.02 Å². The minimum atomic E-state index is -4.57. The van der Waals surface area contributed by atoms with Crippen molar-refractivity contribution >= 4 is 45.7 Å². The number of alkyl halides is 3. The summed E-state index contributed by atoms with van der Waals surface area (Å²) in [5, 5.41) is 4.09. The number of nitrogens with zero attached hydrogens (tertiary/aromatic N) is 3. The van der Waals surface area contributed by atoms with E-state index in [4.69, 9.17) is 16.3 Å². The van der Waals surface area contributed by atoms with Gasteiger partial charge in [-0.3, -0.25) is 9.59 Å². The molecule has 1 N–H and O–H groups in total. The average molecular weight is 575 g/mol. The highest BCUT2D eigenvalue weighted by molar-refractivity contribution is 6.31. The predicted molar refractivity (Wildman–Crippen MR) is 148 cm³/mol. The van der Waals surface area contributed by atoms with Gasteiger partial charge in [-0.2, -0.15) is 13.2 Å². The highest BCUT2D eigenvalue weighted by atomic mass is 35.5. The Labute approximate surface area is 235 Å². The van der Waals surface area contributed by atoms with Crippen LogP contribution in [0.1, 0.15) is 37.8 Å². The molecular weight excluding hydrogens is 545 g/mol. The van der Waals surface area contributed by atoms with Gasteiger partial charge in [0.05, 0.1) is 18.5 Å². The standard InChI is InChI=1S/C29H30ClF3N4O3/c1-36(25-15-26(29(31,32)33)35-24-11-6-18(30)13-23(24)25)20-9-7-19(8-10-20)34-28(39)17-12-27(38)37(16-17)21-4-3-5-22(14-21)40-2/h3-6,11,13-15,17,19-20H,7-10,12,16H2,1-2H3,(H,34,39). The number of anilines is 2. The van der Waals surface area contributed by atoms with Gasteiger partial charge in [-0.25, -0.2) is 4.98 Å². The number of hydrogen-bond donors (Lipinski definition) is 1. The van der Waals surface area contributed by atoms with Crippen LogP contribution in [-0.4, -0.2) is 49.6 Å². The Morgan fingerprint density at radius 1 is 1.12 bits per heavy atom. The molecule has 5 rings (SSSR count). The zero-order chi connectivity index (χ0) is 28.6. The summed E-state index contributed by atoms with van der Waals surface area (Å²) in [5.41, 5.74) is 0.409. The van der Waals surface area contributed by atoms with Gasteiger partial charge in [0.1, 0.15) is 11.4 Å². The number of fused-ring (bicyclic) bond motifs is 1. The van der Waals surface area contributed by atoms with Crippen molar-refractivity contribution in [3.05, 3.63) is 59.2 Å². The van der Waals surface area contributed by atoms with Crippen LogP contribution in [0.4, 0.5) is 24.5 Å². The summed E-state index contributed by atoms with van der Waals surface area (Å²) in [5.74, 6) is -0.0768. The van der Waals surface area contributed by atoms with Gasteiger partial charge in [-0.05, 0) is 62.1 Å². The molecule has 2 amide bonds. The van der Waals surface area contributed by atoms with E-state index in [1.807, 2.05) is 11.0 Å². The number of aromatic nitrogens is 1. The van der Waals surface area contributed by atoms with Crippen LogP contribution in [0, 0.1) is 5.92 Å². The molecule has 11 heteroatoms. The fraction of sp³-hybridized carbons (Fsp3) is 0.414. The van der Waals surface area contributed by atoms with E-state index in [-0.39, 0.29) is 35.8 Å². The van der Waals surface area contributed by atoms with Crippen molar-refractivity contribution in [3.63, 3.8) is 0 Å². The minimum Gasteiger partial charge on any atom is -0.497 e. The van der Waals surface area contributed by atoms with Crippen molar-refractivity contribution in [2.75, 3.05) is 30.5 Å². The molecule has 1 saturated heterocycles. The van der Waals surface area contributed by atoms with E-state index < -0.39 is 17.8 Å². The monoisotopic (exact) mass is 574 g/mol. The molecule has 1 aliphatic carbocycles. The normalized spacial score (nSPS) is 21.5. The molecule has 7 nitrogen and oxygen atoms in total. The average Bonchev–Trinajstić information content (AvgIpc) is 3.33. The molecule has 212 valence electrons. The lowest BCUT2D eigenvalue weighted by molar-refractivity contribution is -0.141. The molecule has 3 aromatic rings. The first-order valence-corrected chi connectivity index (χ1v) is 13.6. The second kappa shape index (κ2) is 11.2. The molecule has 2 fully saturated rings. The van der Waals surface area contributed by atoms with Crippen molar-refractivity contribution in [2.24, 2.45) is 5.92 Å². The number of methoxy groups -OCH3 is 1. The van der Waals surface area contributed by atoms with E-state index in [9.17, 15) is 22.8 Å². The second-order valence-electron chi connectivity index (χ2n) is 10.4. The third-order valence-corrected chi connectivity index (χ3v) is 8.11. The summed E-state index contributed by atoms with van der Waals surface area (Å²) in [6.45, 7) is 0.301. The number of ether oxygens (including phenoxy) is 1. The molecule has 40 heavy (non-hydrogen) atoms. The lowest BCUT2D eigenvalue weighted by Crippen LogP contribution is -2.45. The number of halogens is 4. The highest BCUT2D eigenvalue weighted by Gasteiger charge is 2.37. The largest absolute Gasteiger partial charge is 0.497 e. The van der Waals surface area contributed by atoms with E-state index in [1.165, 1.54) is 12.1 Å². The van der Waals surface area contributed by atoms with Crippen LogP contribution in [0.25, 0.3) is 10.9 Å². The molecular formula is C29H30ClF3N4O3. The fourth-order valence-electron chi connectivity index (χ4n) is 5.65. The van der Waals surface area contributed by atoms with E-state index in [0.29, 0.717) is 59.8 Å². The summed E-state index contributed by atoms with van der Waals surface area (Å²) >= 11 is 6.16. The van der Waals surface area contributed by atoms with Crippen molar-refractivity contribution in [2.45, 2.75) is 50.4 Å². The maximum absolute atomic E-state index is 13.6. The summed E-state index contributed by atoms with van der Waals surface area (Å²) in [7, 11) is 3.35. The van der Waals surface area contributed by atoms with Gasteiger partial charge >= 0.3 is 6.18 Å². The number of pyridine rings is 1. The molecule has 0 bridgehead atoms. The molecule has 2 heterocycles. The van der Waals surface area contributed by atoms with Gasteiger partial charge in [0.25, 0.3) is 0 Å². The van der Waals surface area contributed by atoms with Gasteiger partial charge < -0.3 is 19.9 Å². The molecule has 1 saturated carbocycles. The summed E-state index contributed by atoms with van der Waals surface area (Å²) in [4.78, 5) is 33.0. The van der Waals surface area contributed by atoms with Gasteiger partial charge in [0.2, 0.25) is 11.8 Å². The predicted octanol–water partition coefficient (Wildman–Crippen LogP) is 5.83. The molecule has 1 aliphatic heterocycles. The van der Waals surface area contributed by atoms with Gasteiger partial charge in [-0.15, -0.1) is 0 Å². The Bertz CT molecular complexity index is 1430. The number of carbonyl (C=O) groups is 2. The van der Waals surface area contributed by atoms with Crippen molar-refractivity contribution in [1.29, 1.82) is 0 Å². The lowest BCUT2D eigenvalue weighted by Gasteiger charge is -2.37. The summed E-state index contributed by atoms with van der Waals surface area (Å²) in [6.07, 6.45) is -1.71. The molecule has 0 radical (unpaired) electrons. The number of rotatable bonds is 6. The third-order valence-electron chi connectivity index (χ3n) is 7.87. The van der Waals surface area contributed by atoms with Crippen LogP contribution in [-0.2, 0) is 15.8 Å². The Balaban J connectivity index is 1.22. The zero-order valence-electron chi connectivity index (χ0n) is 22.2. The van der Waals surface area contributed by atoms with E-state index in [2.05, 4.69) is 10.3 Å². The highest BCUT2D eigenvalue weighted by Crippen LogP contribution is 2.37. The first-order valence-electron chi connectivity index (χ1n) is 13.2. The number of amides is 2. The number of carbonyl (C=O) groups excluding carboxylic acids is 2. The van der Waals surface area contributed by atoms with Crippen molar-refractivity contribution < 1.29 is 27.5 Å². The molecule has 1 atom stereocenters. The van der Waals surface area contributed by atoms with Crippen LogP contribution in [0.15, 0.2) is 48.5 Å². The summed E-state index contributed by atoms with van der Waals surface area (Å²) < 4.78 is 46.0. The Hall–Kier alpha value is -3.53.